The van der Waals surface area contributed by atoms with Gasteiger partial charge in [0.2, 0.25) is 0 Å². The molecule has 6 aliphatic rings. The first-order valence-corrected chi connectivity index (χ1v) is 18.1. The largest absolute Gasteiger partial charge is 0.494 e. The van der Waals surface area contributed by atoms with E-state index in [1.165, 1.54) is 5.56 Å². The summed E-state index contributed by atoms with van der Waals surface area (Å²) in [5, 5.41) is 24.9. The van der Waals surface area contributed by atoms with Gasteiger partial charge >= 0.3 is 0 Å². The van der Waals surface area contributed by atoms with Crippen molar-refractivity contribution in [2.45, 2.75) is 127 Å². The van der Waals surface area contributed by atoms with Crippen LogP contribution in [0.1, 0.15) is 114 Å². The van der Waals surface area contributed by atoms with Crippen LogP contribution in [0.2, 0.25) is 0 Å². The lowest BCUT2D eigenvalue weighted by molar-refractivity contribution is -0.260. The number of benzene rings is 1. The van der Waals surface area contributed by atoms with Crippen LogP contribution in [0.25, 0.3) is 5.76 Å². The van der Waals surface area contributed by atoms with Gasteiger partial charge in [-0.2, -0.15) is 0 Å². The van der Waals surface area contributed by atoms with Gasteiger partial charge in [-0.15, -0.1) is 0 Å². The molecule has 0 aromatic heterocycles. The summed E-state index contributed by atoms with van der Waals surface area (Å²) in [4.78, 5) is 0. The molecule has 9 atom stereocenters. The predicted molar refractivity (Wildman–Crippen MR) is 172 cm³/mol. The second kappa shape index (κ2) is 12.5. The van der Waals surface area contributed by atoms with E-state index >= 15 is 0 Å². The highest BCUT2D eigenvalue weighted by atomic mass is 16.7. The Kier molecular flexibility index (Phi) is 8.93. The highest BCUT2D eigenvalue weighted by molar-refractivity contribution is 5.57. The lowest BCUT2D eigenvalue weighted by Gasteiger charge is -2.63. The Balaban J connectivity index is 1.16. The molecule has 0 amide bonds. The van der Waals surface area contributed by atoms with E-state index in [-0.39, 0.29) is 23.5 Å². The summed E-state index contributed by atoms with van der Waals surface area (Å²) in [5.41, 5.74) is 0.606. The molecule has 250 valence electrons. The van der Waals surface area contributed by atoms with E-state index < -0.39 is 17.0 Å². The summed E-state index contributed by atoms with van der Waals surface area (Å²) >= 11 is 0. The van der Waals surface area contributed by atoms with Gasteiger partial charge in [-0.3, -0.25) is 0 Å². The van der Waals surface area contributed by atoms with Crippen LogP contribution in [-0.4, -0.2) is 66.5 Å². The van der Waals surface area contributed by atoms with Gasteiger partial charge < -0.3 is 33.9 Å². The average Bonchev–Trinajstić information content (AvgIpc) is 3.60. The van der Waals surface area contributed by atoms with Crippen LogP contribution in [0.3, 0.4) is 0 Å². The van der Waals surface area contributed by atoms with E-state index in [4.69, 9.17) is 23.7 Å². The monoisotopic (exact) mass is 624 g/mol. The van der Waals surface area contributed by atoms with Crippen molar-refractivity contribution in [3.05, 3.63) is 42.0 Å². The fourth-order valence-corrected chi connectivity index (χ4v) is 11.2. The van der Waals surface area contributed by atoms with E-state index in [0.717, 1.165) is 89.2 Å². The predicted octanol–water partition coefficient (Wildman–Crippen LogP) is 6.95. The van der Waals surface area contributed by atoms with Gasteiger partial charge in [0.15, 0.2) is 12.1 Å². The molecule has 1 unspecified atom stereocenters. The van der Waals surface area contributed by atoms with Crippen molar-refractivity contribution in [1.29, 1.82) is 0 Å². The van der Waals surface area contributed by atoms with E-state index in [1.807, 2.05) is 6.92 Å². The molecule has 4 saturated carbocycles. The average molecular weight is 625 g/mol. The summed E-state index contributed by atoms with van der Waals surface area (Å²) in [5.74, 6) is 1.80. The zero-order valence-corrected chi connectivity index (χ0v) is 27.6. The molecule has 7 heteroatoms. The van der Waals surface area contributed by atoms with Crippen LogP contribution in [0, 0.1) is 29.1 Å². The molecule has 4 aliphatic carbocycles. The zero-order chi connectivity index (χ0) is 31.3. The quantitative estimate of drug-likeness (QED) is 0.227. The number of aliphatic hydroxyl groups is 2. The first-order valence-electron chi connectivity index (χ1n) is 18.1. The number of rotatable bonds is 9. The summed E-state index contributed by atoms with van der Waals surface area (Å²) in [6, 6.07) is 8.82. The number of ether oxygens (including phenoxy) is 5. The highest BCUT2D eigenvalue weighted by Crippen LogP contribution is 2.70. The molecule has 2 N–H and O–H groups in total. The van der Waals surface area contributed by atoms with Crippen LogP contribution in [-0.2, 0) is 23.7 Å². The standard InChI is InChI=1S/C38H56O7/c1-4-41-26(2)27-9-11-28(12-10-27)30-24-35(3)31(14-18-37(35,40)16-7-21-43-33-8-5-6-20-42-33)29-13-17-36(39)25-38(44-22-23-45-38)19-15-32(36)34(29)30/h9-12,29-34,39-40H,2,4-8,13-25H2,1,3H3/t29-,30+,31+,32+,33?,34+,35-,36+,37+/m0/s1. The Morgan fingerprint density at radius 3 is 2.47 bits per heavy atom. The van der Waals surface area contributed by atoms with Crippen molar-refractivity contribution < 1.29 is 33.9 Å². The summed E-state index contributed by atoms with van der Waals surface area (Å²) in [7, 11) is 0. The third-order valence-corrected chi connectivity index (χ3v) is 13.3. The van der Waals surface area contributed by atoms with Crippen molar-refractivity contribution in [1.82, 2.24) is 0 Å². The van der Waals surface area contributed by atoms with E-state index in [2.05, 4.69) is 37.8 Å². The molecule has 2 aliphatic heterocycles. The zero-order valence-electron chi connectivity index (χ0n) is 27.6. The molecule has 1 aromatic carbocycles. The second-order valence-corrected chi connectivity index (χ2v) is 15.5. The van der Waals surface area contributed by atoms with Crippen LogP contribution in [0.15, 0.2) is 30.8 Å². The van der Waals surface area contributed by atoms with Crippen LogP contribution < -0.4 is 0 Å². The third kappa shape index (κ3) is 5.72. The van der Waals surface area contributed by atoms with Gasteiger partial charge in [0.1, 0.15) is 5.76 Å². The maximum absolute atomic E-state index is 12.5. The normalized spacial score (nSPS) is 42.1. The van der Waals surface area contributed by atoms with Crippen molar-refractivity contribution >= 4 is 5.76 Å². The van der Waals surface area contributed by atoms with Crippen LogP contribution in [0.4, 0.5) is 0 Å². The summed E-state index contributed by atoms with van der Waals surface area (Å²) in [6.07, 6.45) is 11.7. The number of hydrogen-bond acceptors (Lipinski definition) is 7. The molecule has 1 spiro atoms. The maximum Gasteiger partial charge on any atom is 0.171 e. The van der Waals surface area contributed by atoms with Crippen molar-refractivity contribution in [2.75, 3.05) is 33.0 Å². The Morgan fingerprint density at radius 2 is 1.73 bits per heavy atom. The highest BCUT2D eigenvalue weighted by Gasteiger charge is 2.67. The molecule has 1 aromatic rings. The Hall–Kier alpha value is -1.48. The number of hydrogen-bond donors (Lipinski definition) is 2. The minimum Gasteiger partial charge on any atom is -0.494 e. The maximum atomic E-state index is 12.5. The van der Waals surface area contributed by atoms with Gasteiger partial charge in [-0.05, 0) is 118 Å². The first-order chi connectivity index (χ1) is 21.7. The fourth-order valence-electron chi connectivity index (χ4n) is 11.2. The van der Waals surface area contributed by atoms with Crippen molar-refractivity contribution in [3.8, 4) is 0 Å². The van der Waals surface area contributed by atoms with Gasteiger partial charge in [0.25, 0.3) is 0 Å². The van der Waals surface area contributed by atoms with Crippen molar-refractivity contribution in [2.24, 2.45) is 29.1 Å². The van der Waals surface area contributed by atoms with Crippen LogP contribution in [0.5, 0.6) is 0 Å². The number of fused-ring (bicyclic) bond motifs is 5. The van der Waals surface area contributed by atoms with Gasteiger partial charge in [-0.25, -0.2) is 0 Å². The topological polar surface area (TPSA) is 86.6 Å². The second-order valence-electron chi connectivity index (χ2n) is 15.5. The SMILES string of the molecule is C=C(OCC)c1ccc([C@H]2C[C@@]3(C)[C@H](CC[C@]3(O)CCCOC3CCCCO3)[C@@H]3CC[C@@]4(O)CC5(CC[C@@H]4[C@H]32)OCCO5)cc1. The lowest BCUT2D eigenvalue weighted by atomic mass is 9.44. The van der Waals surface area contributed by atoms with Crippen LogP contribution >= 0.6 is 0 Å². The lowest BCUT2D eigenvalue weighted by Crippen LogP contribution is -2.62. The first kappa shape index (κ1) is 32.1. The summed E-state index contributed by atoms with van der Waals surface area (Å²) < 4.78 is 29.9. The van der Waals surface area contributed by atoms with Crippen molar-refractivity contribution in [3.63, 3.8) is 0 Å². The Labute approximate surface area is 270 Å². The molecule has 2 heterocycles. The minimum atomic E-state index is -0.785. The van der Waals surface area contributed by atoms with E-state index in [1.54, 1.807) is 0 Å². The van der Waals surface area contributed by atoms with Gasteiger partial charge in [0.05, 0.1) is 31.0 Å². The summed E-state index contributed by atoms with van der Waals surface area (Å²) in [6.45, 7) is 11.8. The fraction of sp³-hybridized carbons (Fsp3) is 0.789. The Morgan fingerprint density at radius 1 is 0.956 bits per heavy atom. The molecule has 7 rings (SSSR count). The van der Waals surface area contributed by atoms with E-state index in [9.17, 15) is 10.2 Å². The minimum absolute atomic E-state index is 0.0856. The van der Waals surface area contributed by atoms with Gasteiger partial charge in [-0.1, -0.05) is 37.8 Å². The Bertz CT molecular complexity index is 1190. The molecular weight excluding hydrogens is 568 g/mol. The molecule has 45 heavy (non-hydrogen) atoms. The molecule has 2 saturated heterocycles. The van der Waals surface area contributed by atoms with Gasteiger partial charge in [0, 0.05) is 31.6 Å². The third-order valence-electron chi connectivity index (χ3n) is 13.3. The van der Waals surface area contributed by atoms with E-state index in [0.29, 0.717) is 56.4 Å². The molecule has 0 radical (unpaired) electrons. The molecule has 0 bridgehead atoms. The molecule has 6 fully saturated rings. The smallest absolute Gasteiger partial charge is 0.171 e. The molecular formula is C38H56O7. The molecule has 7 nitrogen and oxygen atoms in total.